The second-order valence-electron chi connectivity index (χ2n) is 3.98. The average Bonchev–Trinajstić information content (AvgIpc) is 2.26. The lowest BCUT2D eigenvalue weighted by Crippen LogP contribution is -2.04. The van der Waals surface area contributed by atoms with Crippen LogP contribution in [-0.2, 0) is 0 Å². The van der Waals surface area contributed by atoms with E-state index in [0.29, 0.717) is 16.0 Å². The third-order valence-electron chi connectivity index (χ3n) is 2.25. The van der Waals surface area contributed by atoms with Gasteiger partial charge in [-0.05, 0) is 38.6 Å². The molecule has 0 spiro atoms. The van der Waals surface area contributed by atoms with E-state index in [1.54, 1.807) is 6.92 Å². The summed E-state index contributed by atoms with van der Waals surface area (Å²) in [5.74, 6) is -0.552. The maximum Gasteiger partial charge on any atom is 0.340 e. The fourth-order valence-corrected chi connectivity index (χ4v) is 2.48. The molecule has 0 aliphatic heterocycles. The number of carbonyl (C=O) groups is 1. The molecule has 0 aliphatic carbocycles. The predicted molar refractivity (Wildman–Crippen MR) is 69.4 cm³/mol. The number of hydrogen-bond acceptors (Lipinski definition) is 6. The molecule has 2 rings (SSSR count). The Kier molecular flexibility index (Phi) is 3.75. The van der Waals surface area contributed by atoms with Crippen LogP contribution in [0, 0.1) is 20.8 Å². The summed E-state index contributed by atoms with van der Waals surface area (Å²) in [5, 5.41) is 9.95. The van der Waals surface area contributed by atoms with Crippen molar-refractivity contribution in [3.8, 4) is 0 Å². The van der Waals surface area contributed by atoms with E-state index >= 15 is 0 Å². The molecule has 0 aromatic carbocycles. The molecule has 0 saturated carbocycles. The first-order chi connectivity index (χ1) is 8.95. The Bertz CT molecular complexity index is 625. The maximum atomic E-state index is 11.1. The van der Waals surface area contributed by atoms with E-state index in [4.69, 9.17) is 5.11 Å². The van der Waals surface area contributed by atoms with Crippen molar-refractivity contribution in [1.29, 1.82) is 0 Å². The van der Waals surface area contributed by atoms with Crippen molar-refractivity contribution >= 4 is 17.7 Å². The van der Waals surface area contributed by atoms with Crippen LogP contribution >= 0.6 is 11.8 Å². The molecular formula is C12H12N4O2S. The molecule has 19 heavy (non-hydrogen) atoms. The summed E-state index contributed by atoms with van der Waals surface area (Å²) in [6.07, 6.45) is 1.30. The smallest absolute Gasteiger partial charge is 0.340 e. The van der Waals surface area contributed by atoms with E-state index in [0.717, 1.165) is 23.1 Å². The van der Waals surface area contributed by atoms with Gasteiger partial charge in [0.25, 0.3) is 0 Å². The number of carboxylic acids is 1. The minimum Gasteiger partial charge on any atom is -0.478 e. The lowest BCUT2D eigenvalue weighted by atomic mass is 10.3. The Morgan fingerprint density at radius 2 is 1.79 bits per heavy atom. The standard InChI is InChI=1S/C12H12N4O2S/c1-6-4-7(2)15-12(14-6)19-10-9(11(17)18)5-13-8(3)16-10/h4-5H,1-3H3,(H,17,18). The molecule has 2 aromatic heterocycles. The Balaban J connectivity index is 2.42. The van der Waals surface area contributed by atoms with Gasteiger partial charge in [0, 0.05) is 17.6 Å². The molecule has 0 radical (unpaired) electrons. The lowest BCUT2D eigenvalue weighted by molar-refractivity contribution is 0.0691. The summed E-state index contributed by atoms with van der Waals surface area (Å²) in [6.45, 7) is 5.43. The highest BCUT2D eigenvalue weighted by atomic mass is 32.2. The van der Waals surface area contributed by atoms with E-state index in [1.165, 1.54) is 6.20 Å². The molecule has 0 amide bonds. The summed E-state index contributed by atoms with van der Waals surface area (Å²) >= 11 is 1.13. The van der Waals surface area contributed by atoms with Crippen molar-refractivity contribution in [3.63, 3.8) is 0 Å². The van der Waals surface area contributed by atoms with Crippen LogP contribution in [0.1, 0.15) is 27.6 Å². The van der Waals surface area contributed by atoms with E-state index in [1.807, 2.05) is 19.9 Å². The molecule has 2 heterocycles. The SMILES string of the molecule is Cc1cc(C)nc(Sc2nc(C)ncc2C(=O)O)n1. The van der Waals surface area contributed by atoms with Crippen LogP contribution in [0.3, 0.4) is 0 Å². The Hall–Kier alpha value is -2.02. The van der Waals surface area contributed by atoms with Gasteiger partial charge in [0.2, 0.25) is 0 Å². The first-order valence-corrected chi connectivity index (χ1v) is 6.34. The summed E-state index contributed by atoms with van der Waals surface area (Å²) < 4.78 is 0. The van der Waals surface area contributed by atoms with Crippen LogP contribution < -0.4 is 0 Å². The quantitative estimate of drug-likeness (QED) is 0.677. The van der Waals surface area contributed by atoms with E-state index < -0.39 is 5.97 Å². The number of aromatic carboxylic acids is 1. The number of rotatable bonds is 3. The second-order valence-corrected chi connectivity index (χ2v) is 4.93. The number of nitrogens with zero attached hydrogens (tertiary/aromatic N) is 4. The molecule has 98 valence electrons. The number of hydrogen-bond donors (Lipinski definition) is 1. The molecule has 2 aromatic rings. The minimum atomic E-state index is -1.06. The molecule has 0 atom stereocenters. The molecule has 0 saturated heterocycles. The maximum absolute atomic E-state index is 11.1. The van der Waals surface area contributed by atoms with Crippen molar-refractivity contribution < 1.29 is 9.90 Å². The highest BCUT2D eigenvalue weighted by molar-refractivity contribution is 7.99. The van der Waals surface area contributed by atoms with Gasteiger partial charge in [-0.1, -0.05) is 0 Å². The summed E-state index contributed by atoms with van der Waals surface area (Å²) in [7, 11) is 0. The fraction of sp³-hybridized carbons (Fsp3) is 0.250. The van der Waals surface area contributed by atoms with Crippen molar-refractivity contribution in [2.75, 3.05) is 0 Å². The first kappa shape index (κ1) is 13.4. The first-order valence-electron chi connectivity index (χ1n) is 5.53. The number of carboxylic acid groups (broad SMARTS) is 1. The van der Waals surface area contributed by atoms with Crippen molar-refractivity contribution in [2.45, 2.75) is 31.0 Å². The molecule has 0 fully saturated rings. The highest BCUT2D eigenvalue weighted by Gasteiger charge is 2.15. The van der Waals surface area contributed by atoms with Gasteiger partial charge in [0.1, 0.15) is 16.4 Å². The van der Waals surface area contributed by atoms with Gasteiger partial charge >= 0.3 is 5.97 Å². The van der Waals surface area contributed by atoms with E-state index in [2.05, 4.69) is 19.9 Å². The molecule has 0 unspecified atom stereocenters. The lowest BCUT2D eigenvalue weighted by Gasteiger charge is -2.05. The van der Waals surface area contributed by atoms with Gasteiger partial charge in [0.15, 0.2) is 5.16 Å². The predicted octanol–water partition coefficient (Wildman–Crippen LogP) is 2.04. The molecule has 6 nitrogen and oxygen atoms in total. The Labute approximate surface area is 114 Å². The summed E-state index contributed by atoms with van der Waals surface area (Å²) in [5.41, 5.74) is 1.72. The zero-order valence-corrected chi connectivity index (χ0v) is 11.5. The molecular weight excluding hydrogens is 264 g/mol. The monoisotopic (exact) mass is 276 g/mol. The van der Waals surface area contributed by atoms with Crippen LogP contribution in [-0.4, -0.2) is 31.0 Å². The topological polar surface area (TPSA) is 88.9 Å². The van der Waals surface area contributed by atoms with Crippen LogP contribution in [0.25, 0.3) is 0 Å². The fourth-order valence-electron chi connectivity index (χ4n) is 1.50. The summed E-state index contributed by atoms with van der Waals surface area (Å²) in [6, 6.07) is 1.85. The molecule has 7 heteroatoms. The van der Waals surface area contributed by atoms with Crippen LogP contribution in [0.5, 0.6) is 0 Å². The second kappa shape index (κ2) is 5.31. The van der Waals surface area contributed by atoms with Gasteiger partial charge in [-0.3, -0.25) is 0 Å². The van der Waals surface area contributed by atoms with Crippen molar-refractivity contribution in [1.82, 2.24) is 19.9 Å². The number of aryl methyl sites for hydroxylation is 3. The number of aromatic nitrogens is 4. The van der Waals surface area contributed by atoms with Gasteiger partial charge in [-0.25, -0.2) is 24.7 Å². The van der Waals surface area contributed by atoms with Gasteiger partial charge in [-0.15, -0.1) is 0 Å². The van der Waals surface area contributed by atoms with Crippen molar-refractivity contribution in [3.05, 3.63) is 35.0 Å². The van der Waals surface area contributed by atoms with Gasteiger partial charge in [0.05, 0.1) is 0 Å². The largest absolute Gasteiger partial charge is 0.478 e. The summed E-state index contributed by atoms with van der Waals surface area (Å²) in [4.78, 5) is 27.7. The van der Waals surface area contributed by atoms with Crippen LogP contribution in [0.15, 0.2) is 22.4 Å². The van der Waals surface area contributed by atoms with Gasteiger partial charge < -0.3 is 5.11 Å². The highest BCUT2D eigenvalue weighted by Crippen LogP contribution is 2.26. The van der Waals surface area contributed by atoms with Crippen molar-refractivity contribution in [2.24, 2.45) is 0 Å². The normalized spacial score (nSPS) is 10.5. The van der Waals surface area contributed by atoms with Gasteiger partial charge in [-0.2, -0.15) is 0 Å². The van der Waals surface area contributed by atoms with Crippen LogP contribution in [0.4, 0.5) is 0 Å². The molecule has 0 bridgehead atoms. The molecule has 1 N–H and O–H groups in total. The zero-order valence-electron chi connectivity index (χ0n) is 10.7. The average molecular weight is 276 g/mol. The zero-order chi connectivity index (χ0) is 14.0. The Morgan fingerprint density at radius 3 is 2.37 bits per heavy atom. The van der Waals surface area contributed by atoms with E-state index in [9.17, 15) is 4.79 Å². The third kappa shape index (κ3) is 3.25. The van der Waals surface area contributed by atoms with Crippen LogP contribution in [0.2, 0.25) is 0 Å². The molecule has 0 aliphatic rings. The van der Waals surface area contributed by atoms with E-state index in [-0.39, 0.29) is 5.56 Å². The Morgan fingerprint density at radius 1 is 1.16 bits per heavy atom. The minimum absolute atomic E-state index is 0.0540. The third-order valence-corrected chi connectivity index (χ3v) is 3.12.